The number of hydrogen-bond donors (Lipinski definition) is 5. The first-order chi connectivity index (χ1) is 10.8. The van der Waals surface area contributed by atoms with Crippen LogP contribution in [0.25, 0.3) is 0 Å². The zero-order chi connectivity index (χ0) is 17.6. The molecule has 0 aromatic carbocycles. The van der Waals surface area contributed by atoms with Crippen LogP contribution in [0, 0.1) is 0 Å². The zero-order valence-corrected chi connectivity index (χ0v) is 13.8. The van der Waals surface area contributed by atoms with Gasteiger partial charge in [0, 0.05) is 0 Å². The third kappa shape index (κ3) is 6.31. The van der Waals surface area contributed by atoms with Gasteiger partial charge in [0.25, 0.3) is 0 Å². The number of ether oxygens (including phenoxy) is 2. The van der Waals surface area contributed by atoms with Crippen molar-refractivity contribution in [2.24, 2.45) is 0 Å². The summed E-state index contributed by atoms with van der Waals surface area (Å²) in [6.07, 6.45) is -3.07. The molecule has 1 rings (SSSR count). The molecule has 0 saturated carbocycles. The van der Waals surface area contributed by atoms with E-state index in [2.05, 4.69) is 6.08 Å². The van der Waals surface area contributed by atoms with Gasteiger partial charge >= 0.3 is 0 Å². The molecule has 7 heteroatoms. The standard InChI is InChI=1S/C16H28O7/c1-9(2)5-4-6-10(3)7-12(18)23-16-15(21)14(20)13(19)11(8-17)22-16/h5,7,11-21H,4,6,8H2,1-3H3/b10-7-/t11-,12?,13-,14+,15-,16+/m1/s1. The van der Waals surface area contributed by atoms with Crippen molar-refractivity contribution in [3.05, 3.63) is 23.3 Å². The van der Waals surface area contributed by atoms with Crippen LogP contribution in [0.4, 0.5) is 0 Å². The highest BCUT2D eigenvalue weighted by Gasteiger charge is 2.44. The molecule has 5 N–H and O–H groups in total. The van der Waals surface area contributed by atoms with Gasteiger partial charge in [0.15, 0.2) is 12.6 Å². The second-order valence-electron chi connectivity index (χ2n) is 6.06. The summed E-state index contributed by atoms with van der Waals surface area (Å²) in [5, 5.41) is 48.1. The zero-order valence-electron chi connectivity index (χ0n) is 13.8. The van der Waals surface area contributed by atoms with Crippen molar-refractivity contribution in [2.75, 3.05) is 6.61 Å². The maximum Gasteiger partial charge on any atom is 0.190 e. The molecule has 1 saturated heterocycles. The third-order valence-corrected chi connectivity index (χ3v) is 3.64. The summed E-state index contributed by atoms with van der Waals surface area (Å²) in [7, 11) is 0. The van der Waals surface area contributed by atoms with Gasteiger partial charge in [-0.1, -0.05) is 17.2 Å². The predicted octanol–water partition coefficient (Wildman–Crippen LogP) is -0.186. The summed E-state index contributed by atoms with van der Waals surface area (Å²) in [5.74, 6) is 0. The summed E-state index contributed by atoms with van der Waals surface area (Å²) in [6.45, 7) is 5.32. The van der Waals surface area contributed by atoms with Crippen LogP contribution in [-0.2, 0) is 9.47 Å². The van der Waals surface area contributed by atoms with Crippen molar-refractivity contribution < 1.29 is 35.0 Å². The first-order valence-electron chi connectivity index (χ1n) is 7.71. The fourth-order valence-electron chi connectivity index (χ4n) is 2.27. The Bertz CT molecular complexity index is 415. The summed E-state index contributed by atoms with van der Waals surface area (Å²) >= 11 is 0. The Morgan fingerprint density at radius 3 is 2.35 bits per heavy atom. The van der Waals surface area contributed by atoms with Gasteiger partial charge in [-0.15, -0.1) is 0 Å². The van der Waals surface area contributed by atoms with Gasteiger partial charge < -0.3 is 35.0 Å². The van der Waals surface area contributed by atoms with Gasteiger partial charge in [-0.05, 0) is 39.7 Å². The van der Waals surface area contributed by atoms with Crippen molar-refractivity contribution in [3.63, 3.8) is 0 Å². The van der Waals surface area contributed by atoms with Gasteiger partial charge in [0.2, 0.25) is 0 Å². The van der Waals surface area contributed by atoms with Crippen LogP contribution in [0.2, 0.25) is 0 Å². The smallest absolute Gasteiger partial charge is 0.190 e. The molecule has 1 unspecified atom stereocenters. The van der Waals surface area contributed by atoms with E-state index >= 15 is 0 Å². The fraction of sp³-hybridized carbons (Fsp3) is 0.750. The highest BCUT2D eigenvalue weighted by molar-refractivity contribution is 5.03. The van der Waals surface area contributed by atoms with Crippen LogP contribution in [0.1, 0.15) is 33.6 Å². The van der Waals surface area contributed by atoms with E-state index in [9.17, 15) is 20.4 Å². The second kappa shape index (κ2) is 9.48. The van der Waals surface area contributed by atoms with E-state index in [1.54, 1.807) is 0 Å². The summed E-state index contributed by atoms with van der Waals surface area (Å²) < 4.78 is 10.3. The molecule has 0 spiro atoms. The Morgan fingerprint density at radius 2 is 1.78 bits per heavy atom. The molecular weight excluding hydrogens is 304 g/mol. The maximum atomic E-state index is 9.90. The molecule has 23 heavy (non-hydrogen) atoms. The molecule has 0 aromatic rings. The van der Waals surface area contributed by atoms with Crippen LogP contribution < -0.4 is 0 Å². The number of hydrogen-bond acceptors (Lipinski definition) is 7. The number of rotatable bonds is 7. The summed E-state index contributed by atoms with van der Waals surface area (Å²) in [5.41, 5.74) is 2.12. The Balaban J connectivity index is 2.58. The van der Waals surface area contributed by atoms with Gasteiger partial charge in [-0.3, -0.25) is 0 Å². The van der Waals surface area contributed by atoms with Gasteiger partial charge in [0.1, 0.15) is 24.4 Å². The monoisotopic (exact) mass is 332 g/mol. The lowest BCUT2D eigenvalue weighted by Gasteiger charge is -2.40. The Kier molecular flexibility index (Phi) is 8.35. The van der Waals surface area contributed by atoms with Gasteiger partial charge in [-0.2, -0.15) is 0 Å². The first-order valence-corrected chi connectivity index (χ1v) is 7.71. The van der Waals surface area contributed by atoms with Crippen LogP contribution in [0.5, 0.6) is 0 Å². The van der Waals surface area contributed by atoms with Crippen molar-refractivity contribution >= 4 is 0 Å². The summed E-state index contributed by atoms with van der Waals surface area (Å²) in [4.78, 5) is 0. The molecule has 0 radical (unpaired) electrons. The van der Waals surface area contributed by atoms with Crippen molar-refractivity contribution in [1.82, 2.24) is 0 Å². The topological polar surface area (TPSA) is 120 Å². The van der Waals surface area contributed by atoms with Crippen molar-refractivity contribution in [2.45, 2.75) is 70.6 Å². The van der Waals surface area contributed by atoms with E-state index in [0.717, 1.165) is 18.4 Å². The quantitative estimate of drug-likeness (QED) is 0.324. The molecule has 1 aliphatic heterocycles. The largest absolute Gasteiger partial charge is 0.394 e. The second-order valence-corrected chi connectivity index (χ2v) is 6.06. The predicted molar refractivity (Wildman–Crippen MR) is 83.3 cm³/mol. The molecule has 1 heterocycles. The van der Waals surface area contributed by atoms with Crippen LogP contribution >= 0.6 is 0 Å². The lowest BCUT2D eigenvalue weighted by Crippen LogP contribution is -2.59. The minimum absolute atomic E-state index is 0.543. The van der Waals surface area contributed by atoms with Crippen LogP contribution in [-0.4, -0.2) is 69.1 Å². The average Bonchev–Trinajstić information content (AvgIpc) is 2.47. The van der Waals surface area contributed by atoms with Crippen LogP contribution in [0.3, 0.4) is 0 Å². The fourth-order valence-corrected chi connectivity index (χ4v) is 2.27. The van der Waals surface area contributed by atoms with Crippen molar-refractivity contribution in [1.29, 1.82) is 0 Å². The maximum absolute atomic E-state index is 9.90. The third-order valence-electron chi connectivity index (χ3n) is 3.64. The first kappa shape index (κ1) is 20.2. The minimum Gasteiger partial charge on any atom is -0.394 e. The summed E-state index contributed by atoms with van der Waals surface area (Å²) in [6, 6.07) is 0. The van der Waals surface area contributed by atoms with E-state index in [1.165, 1.54) is 11.6 Å². The van der Waals surface area contributed by atoms with E-state index in [1.807, 2.05) is 20.8 Å². The Labute approximate surface area is 136 Å². The molecule has 1 fully saturated rings. The van der Waals surface area contributed by atoms with E-state index in [4.69, 9.17) is 14.6 Å². The normalized spacial score (nSPS) is 33.4. The number of aliphatic hydroxyl groups excluding tert-OH is 5. The molecule has 134 valence electrons. The van der Waals surface area contributed by atoms with E-state index in [0.29, 0.717) is 0 Å². The van der Waals surface area contributed by atoms with E-state index in [-0.39, 0.29) is 0 Å². The lowest BCUT2D eigenvalue weighted by atomic mass is 9.99. The highest BCUT2D eigenvalue weighted by Crippen LogP contribution is 2.23. The molecule has 0 amide bonds. The molecular formula is C16H28O7. The van der Waals surface area contributed by atoms with E-state index < -0.39 is 43.6 Å². The lowest BCUT2D eigenvalue weighted by molar-refractivity contribution is -0.324. The van der Waals surface area contributed by atoms with Crippen LogP contribution in [0.15, 0.2) is 23.3 Å². The number of aliphatic hydroxyl groups is 5. The SMILES string of the molecule is CC(C)=CCC/C(C)=C\C(O)O[C@@H]1O[C@H](CO)[C@@H](O)[C@H](O)[C@H]1O. The molecule has 0 bridgehead atoms. The number of allylic oxidation sites excluding steroid dienone is 3. The molecule has 0 aliphatic carbocycles. The average molecular weight is 332 g/mol. The Morgan fingerprint density at radius 1 is 1.13 bits per heavy atom. The highest BCUT2D eigenvalue weighted by atomic mass is 16.7. The molecule has 7 nitrogen and oxygen atoms in total. The Hall–Kier alpha value is -0.800. The van der Waals surface area contributed by atoms with Gasteiger partial charge in [-0.25, -0.2) is 0 Å². The van der Waals surface area contributed by atoms with Crippen molar-refractivity contribution in [3.8, 4) is 0 Å². The molecule has 0 aromatic heterocycles. The molecule has 1 aliphatic rings. The van der Waals surface area contributed by atoms with Gasteiger partial charge in [0.05, 0.1) is 6.61 Å². The molecule has 6 atom stereocenters. The minimum atomic E-state index is -1.53.